The van der Waals surface area contributed by atoms with E-state index in [4.69, 9.17) is 4.74 Å². The zero-order valence-corrected chi connectivity index (χ0v) is 12.0. The third kappa shape index (κ3) is 3.78. The van der Waals surface area contributed by atoms with Gasteiger partial charge in [0.15, 0.2) is 0 Å². The van der Waals surface area contributed by atoms with Crippen molar-refractivity contribution in [1.82, 2.24) is 5.32 Å². The van der Waals surface area contributed by atoms with Gasteiger partial charge >= 0.3 is 0 Å². The molecule has 0 atom stereocenters. The first-order valence-corrected chi connectivity index (χ1v) is 7.11. The van der Waals surface area contributed by atoms with Crippen LogP contribution in [0.3, 0.4) is 0 Å². The molecule has 1 saturated heterocycles. The van der Waals surface area contributed by atoms with Crippen LogP contribution in [-0.4, -0.2) is 31.5 Å². The Morgan fingerprint density at radius 1 is 1.26 bits per heavy atom. The number of hydrogen-bond donors (Lipinski definition) is 2. The number of nitrogens with one attached hydrogen (secondary N) is 1. The second kappa shape index (κ2) is 6.51. The molecule has 2 rings (SSSR count). The van der Waals surface area contributed by atoms with Crippen LogP contribution in [-0.2, 0) is 11.3 Å². The first-order valence-electron chi connectivity index (χ1n) is 7.11. The monoisotopic (exact) mass is 263 g/mol. The molecule has 0 unspecified atom stereocenters. The molecule has 1 fully saturated rings. The smallest absolute Gasteiger partial charge is 0.0501 e. The lowest BCUT2D eigenvalue weighted by atomic mass is 9.81. The van der Waals surface area contributed by atoms with E-state index in [1.807, 2.05) is 0 Å². The number of aliphatic hydroxyl groups excluding tert-OH is 1. The minimum Gasteiger partial charge on any atom is -0.396 e. The van der Waals surface area contributed by atoms with Crippen molar-refractivity contribution in [1.29, 1.82) is 0 Å². The number of aliphatic hydroxyl groups is 1. The fraction of sp³-hybridized carbons (Fsp3) is 0.625. The van der Waals surface area contributed by atoms with Gasteiger partial charge in [0.2, 0.25) is 0 Å². The predicted molar refractivity (Wildman–Crippen MR) is 77.2 cm³/mol. The van der Waals surface area contributed by atoms with Crippen molar-refractivity contribution in [3.63, 3.8) is 0 Å². The van der Waals surface area contributed by atoms with E-state index in [1.165, 1.54) is 16.7 Å². The lowest BCUT2D eigenvalue weighted by Crippen LogP contribution is -2.41. The molecule has 19 heavy (non-hydrogen) atoms. The van der Waals surface area contributed by atoms with Crippen molar-refractivity contribution in [3.05, 3.63) is 34.9 Å². The summed E-state index contributed by atoms with van der Waals surface area (Å²) >= 11 is 0. The summed E-state index contributed by atoms with van der Waals surface area (Å²) in [5.41, 5.74) is 3.98. The maximum Gasteiger partial charge on any atom is 0.0501 e. The fourth-order valence-electron chi connectivity index (χ4n) is 2.70. The second-order valence-corrected chi connectivity index (χ2v) is 5.80. The number of ether oxygens (including phenoxy) is 1. The zero-order valence-electron chi connectivity index (χ0n) is 12.0. The Balaban J connectivity index is 1.88. The molecule has 0 amide bonds. The molecule has 0 aliphatic carbocycles. The molecule has 0 spiro atoms. The molecule has 0 radical (unpaired) electrons. The molecule has 3 heteroatoms. The van der Waals surface area contributed by atoms with Gasteiger partial charge in [0.1, 0.15) is 0 Å². The molecule has 1 aromatic carbocycles. The number of aryl methyl sites for hydroxylation is 2. The molecule has 0 bridgehead atoms. The topological polar surface area (TPSA) is 41.5 Å². The Morgan fingerprint density at radius 3 is 2.63 bits per heavy atom. The van der Waals surface area contributed by atoms with Crippen molar-refractivity contribution in [2.75, 3.05) is 26.4 Å². The first-order chi connectivity index (χ1) is 9.15. The lowest BCUT2D eigenvalue weighted by molar-refractivity contribution is -0.0154. The fourth-order valence-corrected chi connectivity index (χ4v) is 2.70. The Kier molecular flexibility index (Phi) is 4.97. The van der Waals surface area contributed by atoms with Gasteiger partial charge in [-0.25, -0.2) is 0 Å². The Hall–Kier alpha value is -0.900. The Bertz CT molecular complexity index is 411. The highest BCUT2D eigenvalue weighted by molar-refractivity contribution is 5.30. The van der Waals surface area contributed by atoms with E-state index in [9.17, 15) is 5.11 Å². The number of rotatable bonds is 5. The molecule has 0 aromatic heterocycles. The van der Waals surface area contributed by atoms with Gasteiger partial charge in [-0.15, -0.1) is 0 Å². The number of benzene rings is 1. The van der Waals surface area contributed by atoms with Crippen LogP contribution in [0.1, 0.15) is 29.5 Å². The third-order valence-corrected chi connectivity index (χ3v) is 4.20. The van der Waals surface area contributed by atoms with Gasteiger partial charge in [-0.3, -0.25) is 0 Å². The molecule has 2 N–H and O–H groups in total. The maximum absolute atomic E-state index is 9.63. The first kappa shape index (κ1) is 14.5. The van der Waals surface area contributed by atoms with E-state index in [0.29, 0.717) is 0 Å². The van der Waals surface area contributed by atoms with Crippen LogP contribution in [0.5, 0.6) is 0 Å². The van der Waals surface area contributed by atoms with Crippen molar-refractivity contribution < 1.29 is 9.84 Å². The summed E-state index contributed by atoms with van der Waals surface area (Å²) in [7, 11) is 0. The Morgan fingerprint density at radius 2 is 2.00 bits per heavy atom. The van der Waals surface area contributed by atoms with Gasteiger partial charge in [-0.05, 0) is 37.8 Å². The van der Waals surface area contributed by atoms with Crippen LogP contribution in [0.4, 0.5) is 0 Å². The average molecular weight is 263 g/mol. The van der Waals surface area contributed by atoms with E-state index in [0.717, 1.165) is 39.1 Å². The zero-order chi connectivity index (χ0) is 13.7. The summed E-state index contributed by atoms with van der Waals surface area (Å²) in [5, 5.41) is 13.1. The van der Waals surface area contributed by atoms with Crippen LogP contribution >= 0.6 is 0 Å². The van der Waals surface area contributed by atoms with Gasteiger partial charge < -0.3 is 15.2 Å². The average Bonchev–Trinajstić information content (AvgIpc) is 2.42. The van der Waals surface area contributed by atoms with Gasteiger partial charge in [0.05, 0.1) is 6.61 Å². The van der Waals surface area contributed by atoms with E-state index in [2.05, 4.69) is 37.4 Å². The maximum atomic E-state index is 9.63. The van der Waals surface area contributed by atoms with Crippen LogP contribution in [0, 0.1) is 19.3 Å². The molecular formula is C16H25NO2. The predicted octanol–water partition coefficient (Wildman–Crippen LogP) is 2.18. The molecule has 106 valence electrons. The SMILES string of the molecule is Cc1ccc(CNCC2(CO)CCOCC2)c(C)c1. The van der Waals surface area contributed by atoms with E-state index >= 15 is 0 Å². The lowest BCUT2D eigenvalue weighted by Gasteiger charge is -2.35. The molecule has 3 nitrogen and oxygen atoms in total. The van der Waals surface area contributed by atoms with Gasteiger partial charge in [0, 0.05) is 31.7 Å². The number of hydrogen-bond acceptors (Lipinski definition) is 3. The van der Waals surface area contributed by atoms with Crippen molar-refractivity contribution >= 4 is 0 Å². The largest absolute Gasteiger partial charge is 0.396 e. The van der Waals surface area contributed by atoms with E-state index < -0.39 is 0 Å². The minimum atomic E-state index is 0.0108. The summed E-state index contributed by atoms with van der Waals surface area (Å²) < 4.78 is 5.38. The third-order valence-electron chi connectivity index (χ3n) is 4.20. The van der Waals surface area contributed by atoms with Crippen molar-refractivity contribution in [2.45, 2.75) is 33.2 Å². The van der Waals surface area contributed by atoms with Crippen LogP contribution < -0.4 is 5.32 Å². The summed E-state index contributed by atoms with van der Waals surface area (Å²) in [6.07, 6.45) is 1.90. The van der Waals surface area contributed by atoms with E-state index in [1.54, 1.807) is 0 Å². The van der Waals surface area contributed by atoms with Gasteiger partial charge in [-0.1, -0.05) is 23.8 Å². The highest BCUT2D eigenvalue weighted by Crippen LogP contribution is 2.29. The van der Waals surface area contributed by atoms with Crippen LogP contribution in [0.25, 0.3) is 0 Å². The standard InChI is InChI=1S/C16H25NO2/c1-13-3-4-15(14(2)9-13)10-17-11-16(12-18)5-7-19-8-6-16/h3-4,9,17-18H,5-8,10-12H2,1-2H3. The Labute approximate surface area is 116 Å². The molecular weight excluding hydrogens is 238 g/mol. The van der Waals surface area contributed by atoms with Gasteiger partial charge in [0.25, 0.3) is 0 Å². The molecule has 1 aliphatic heterocycles. The quantitative estimate of drug-likeness (QED) is 0.855. The molecule has 0 saturated carbocycles. The molecule has 1 aliphatic rings. The summed E-state index contributed by atoms with van der Waals surface area (Å²) in [6, 6.07) is 6.56. The summed E-state index contributed by atoms with van der Waals surface area (Å²) in [4.78, 5) is 0. The van der Waals surface area contributed by atoms with Crippen molar-refractivity contribution in [2.24, 2.45) is 5.41 Å². The highest BCUT2D eigenvalue weighted by Gasteiger charge is 2.31. The summed E-state index contributed by atoms with van der Waals surface area (Å²) in [6.45, 7) is 7.79. The van der Waals surface area contributed by atoms with Gasteiger partial charge in [-0.2, -0.15) is 0 Å². The van der Waals surface area contributed by atoms with Crippen LogP contribution in [0.2, 0.25) is 0 Å². The molecule has 1 aromatic rings. The minimum absolute atomic E-state index is 0.0108. The second-order valence-electron chi connectivity index (χ2n) is 5.80. The highest BCUT2D eigenvalue weighted by atomic mass is 16.5. The van der Waals surface area contributed by atoms with Crippen molar-refractivity contribution in [3.8, 4) is 0 Å². The normalized spacial score (nSPS) is 18.5. The molecule has 1 heterocycles. The summed E-state index contributed by atoms with van der Waals surface area (Å²) in [5.74, 6) is 0. The van der Waals surface area contributed by atoms with Crippen LogP contribution in [0.15, 0.2) is 18.2 Å². The van der Waals surface area contributed by atoms with E-state index in [-0.39, 0.29) is 12.0 Å².